The summed E-state index contributed by atoms with van der Waals surface area (Å²) in [4.78, 5) is 0. The molecule has 0 unspecified atom stereocenters. The van der Waals surface area contributed by atoms with E-state index in [1.807, 2.05) is 12.1 Å². The van der Waals surface area contributed by atoms with Gasteiger partial charge in [0.1, 0.15) is 12.4 Å². The molecule has 1 aromatic rings. The van der Waals surface area contributed by atoms with Gasteiger partial charge in [0, 0.05) is 5.57 Å². The summed E-state index contributed by atoms with van der Waals surface area (Å²) >= 11 is 0. The Balaban J connectivity index is 2.40. The van der Waals surface area contributed by atoms with Crippen LogP contribution in [-0.4, -0.2) is 6.61 Å². The summed E-state index contributed by atoms with van der Waals surface area (Å²) < 4.78 is 10.2. The van der Waals surface area contributed by atoms with E-state index >= 15 is 0 Å². The normalized spacial score (nSPS) is 16.3. The molecule has 1 aliphatic heterocycles. The summed E-state index contributed by atoms with van der Waals surface area (Å²) in [6, 6.07) is 3.71. The lowest BCUT2D eigenvalue weighted by Crippen LogP contribution is -2.09. The maximum Gasteiger partial charge on any atom is 0.135 e. The Hall–Kier alpha value is -1.64. The van der Waals surface area contributed by atoms with E-state index < -0.39 is 0 Å². The SMILES string of the molecule is NC1=C(c2ccco2)C=COC1. The molecule has 12 heavy (non-hydrogen) atoms. The van der Waals surface area contributed by atoms with Crippen molar-refractivity contribution in [3.8, 4) is 0 Å². The zero-order valence-electron chi connectivity index (χ0n) is 6.49. The molecule has 0 spiro atoms. The molecule has 1 aliphatic rings. The van der Waals surface area contributed by atoms with Crippen LogP contribution in [0.3, 0.4) is 0 Å². The number of furan rings is 1. The van der Waals surface area contributed by atoms with Gasteiger partial charge in [-0.05, 0) is 18.2 Å². The number of hydrogen-bond acceptors (Lipinski definition) is 3. The van der Waals surface area contributed by atoms with Crippen LogP contribution in [0.25, 0.3) is 5.57 Å². The third kappa shape index (κ3) is 1.09. The highest BCUT2D eigenvalue weighted by molar-refractivity contribution is 5.73. The fourth-order valence-electron chi connectivity index (χ4n) is 1.11. The van der Waals surface area contributed by atoms with E-state index in [-0.39, 0.29) is 0 Å². The van der Waals surface area contributed by atoms with E-state index in [0.717, 1.165) is 11.3 Å². The maximum absolute atomic E-state index is 5.71. The van der Waals surface area contributed by atoms with E-state index in [1.54, 1.807) is 18.6 Å². The number of rotatable bonds is 1. The van der Waals surface area contributed by atoms with Crippen molar-refractivity contribution in [2.45, 2.75) is 0 Å². The van der Waals surface area contributed by atoms with Crippen LogP contribution in [0.1, 0.15) is 5.76 Å². The van der Waals surface area contributed by atoms with Gasteiger partial charge in [-0.1, -0.05) is 0 Å². The Morgan fingerprint density at radius 3 is 3.00 bits per heavy atom. The van der Waals surface area contributed by atoms with Crippen molar-refractivity contribution < 1.29 is 9.15 Å². The van der Waals surface area contributed by atoms with E-state index in [2.05, 4.69) is 0 Å². The van der Waals surface area contributed by atoms with Gasteiger partial charge in [0.05, 0.1) is 18.2 Å². The van der Waals surface area contributed by atoms with Crippen molar-refractivity contribution in [3.05, 3.63) is 42.2 Å². The molecule has 0 saturated heterocycles. The second-order valence-corrected chi connectivity index (χ2v) is 2.53. The first-order chi connectivity index (χ1) is 5.88. The van der Waals surface area contributed by atoms with Crippen molar-refractivity contribution in [2.75, 3.05) is 6.61 Å². The van der Waals surface area contributed by atoms with Gasteiger partial charge in [0.2, 0.25) is 0 Å². The quantitative estimate of drug-likeness (QED) is 0.682. The second-order valence-electron chi connectivity index (χ2n) is 2.53. The van der Waals surface area contributed by atoms with Gasteiger partial charge in [0.15, 0.2) is 0 Å². The van der Waals surface area contributed by atoms with Gasteiger partial charge in [-0.3, -0.25) is 0 Å². The summed E-state index contributed by atoms with van der Waals surface area (Å²) in [5.74, 6) is 0.784. The van der Waals surface area contributed by atoms with Crippen LogP contribution in [-0.2, 0) is 4.74 Å². The second kappa shape index (κ2) is 2.77. The van der Waals surface area contributed by atoms with E-state index in [4.69, 9.17) is 14.9 Å². The highest BCUT2D eigenvalue weighted by Gasteiger charge is 2.09. The van der Waals surface area contributed by atoms with Crippen LogP contribution in [0, 0.1) is 0 Å². The van der Waals surface area contributed by atoms with Crippen molar-refractivity contribution in [2.24, 2.45) is 5.73 Å². The topological polar surface area (TPSA) is 48.4 Å². The first kappa shape index (κ1) is 7.03. The van der Waals surface area contributed by atoms with Crippen LogP contribution in [0.4, 0.5) is 0 Å². The van der Waals surface area contributed by atoms with Crippen molar-refractivity contribution >= 4 is 5.57 Å². The van der Waals surface area contributed by atoms with Crippen LogP contribution in [0.15, 0.2) is 40.8 Å². The lowest BCUT2D eigenvalue weighted by molar-refractivity contribution is 0.275. The molecule has 0 aliphatic carbocycles. The first-order valence-electron chi connectivity index (χ1n) is 3.68. The van der Waals surface area contributed by atoms with Gasteiger partial charge in [0.25, 0.3) is 0 Å². The molecule has 2 heterocycles. The minimum atomic E-state index is 0.437. The molecule has 0 aromatic carbocycles. The Labute approximate surface area is 70.1 Å². The summed E-state index contributed by atoms with van der Waals surface area (Å²) in [6.07, 6.45) is 5.05. The third-order valence-electron chi connectivity index (χ3n) is 1.70. The molecular formula is C9H9NO2. The first-order valence-corrected chi connectivity index (χ1v) is 3.68. The summed E-state index contributed by atoms with van der Waals surface area (Å²) in [5.41, 5.74) is 7.32. The molecule has 0 saturated carbocycles. The minimum absolute atomic E-state index is 0.437. The van der Waals surface area contributed by atoms with Gasteiger partial charge >= 0.3 is 0 Å². The molecule has 0 atom stereocenters. The molecule has 3 heteroatoms. The zero-order valence-corrected chi connectivity index (χ0v) is 6.49. The Kier molecular flexibility index (Phi) is 1.63. The van der Waals surface area contributed by atoms with Gasteiger partial charge in [-0.25, -0.2) is 0 Å². The Morgan fingerprint density at radius 2 is 2.33 bits per heavy atom. The molecule has 1 aromatic heterocycles. The predicted molar refractivity (Wildman–Crippen MR) is 44.9 cm³/mol. The molecule has 2 N–H and O–H groups in total. The molecule has 3 nitrogen and oxygen atoms in total. The van der Waals surface area contributed by atoms with E-state index in [9.17, 15) is 0 Å². The van der Waals surface area contributed by atoms with Crippen LogP contribution in [0.2, 0.25) is 0 Å². The van der Waals surface area contributed by atoms with Crippen molar-refractivity contribution in [3.63, 3.8) is 0 Å². The average Bonchev–Trinajstić information content (AvgIpc) is 2.57. The lowest BCUT2D eigenvalue weighted by Gasteiger charge is -2.10. The van der Waals surface area contributed by atoms with Gasteiger partial charge < -0.3 is 14.9 Å². The fourth-order valence-corrected chi connectivity index (χ4v) is 1.11. The number of ether oxygens (including phenoxy) is 1. The molecule has 0 amide bonds. The monoisotopic (exact) mass is 163 g/mol. The van der Waals surface area contributed by atoms with Crippen LogP contribution >= 0.6 is 0 Å². The van der Waals surface area contributed by atoms with Crippen molar-refractivity contribution in [1.29, 1.82) is 0 Å². The third-order valence-corrected chi connectivity index (χ3v) is 1.70. The summed E-state index contributed by atoms with van der Waals surface area (Å²) in [6.45, 7) is 0.437. The highest BCUT2D eigenvalue weighted by atomic mass is 16.5. The Morgan fingerprint density at radius 1 is 1.42 bits per heavy atom. The smallest absolute Gasteiger partial charge is 0.135 e. The maximum atomic E-state index is 5.71. The summed E-state index contributed by atoms with van der Waals surface area (Å²) in [7, 11) is 0. The molecule has 0 fully saturated rings. The molecule has 62 valence electrons. The number of hydrogen-bond donors (Lipinski definition) is 1. The molecule has 0 bridgehead atoms. The minimum Gasteiger partial charge on any atom is -0.495 e. The number of allylic oxidation sites excluding steroid dienone is 2. The lowest BCUT2D eigenvalue weighted by atomic mass is 10.1. The average molecular weight is 163 g/mol. The molecule has 2 rings (SSSR count). The van der Waals surface area contributed by atoms with Gasteiger partial charge in [-0.2, -0.15) is 0 Å². The molecule has 0 radical (unpaired) electrons. The summed E-state index contributed by atoms with van der Waals surface area (Å²) in [5, 5.41) is 0. The van der Waals surface area contributed by atoms with Crippen LogP contribution < -0.4 is 5.73 Å². The van der Waals surface area contributed by atoms with Crippen LogP contribution in [0.5, 0.6) is 0 Å². The largest absolute Gasteiger partial charge is 0.495 e. The van der Waals surface area contributed by atoms with E-state index in [0.29, 0.717) is 12.3 Å². The predicted octanol–water partition coefficient (Wildman–Crippen LogP) is 1.49. The van der Waals surface area contributed by atoms with Crippen molar-refractivity contribution in [1.82, 2.24) is 0 Å². The van der Waals surface area contributed by atoms with Gasteiger partial charge in [-0.15, -0.1) is 0 Å². The zero-order chi connectivity index (χ0) is 8.39. The van der Waals surface area contributed by atoms with E-state index in [1.165, 1.54) is 0 Å². The fraction of sp³-hybridized carbons (Fsp3) is 0.111. The molecular weight excluding hydrogens is 154 g/mol. The highest BCUT2D eigenvalue weighted by Crippen LogP contribution is 2.21. The standard InChI is InChI=1S/C9H9NO2/c10-8-6-11-5-3-7(8)9-2-1-4-12-9/h1-5H,6,10H2. The Bertz CT molecular complexity index is 322. The number of nitrogens with two attached hydrogens (primary N) is 1.